The predicted octanol–water partition coefficient (Wildman–Crippen LogP) is -2.43. The van der Waals surface area contributed by atoms with Crippen LogP contribution in [-0.4, -0.2) is 39.6 Å². The molecule has 0 aromatic rings. The first-order chi connectivity index (χ1) is 6.18. The van der Waals surface area contributed by atoms with E-state index in [-0.39, 0.29) is 0 Å². The van der Waals surface area contributed by atoms with E-state index >= 15 is 0 Å². The highest BCUT2D eigenvalue weighted by Crippen LogP contribution is 2.27. The topological polar surface area (TPSA) is 136 Å². The van der Waals surface area contributed by atoms with Crippen LogP contribution in [0.3, 0.4) is 0 Å². The van der Waals surface area contributed by atoms with Gasteiger partial charge in [-0.15, -0.1) is 3.63 Å². The first kappa shape index (κ1) is 11.8. The van der Waals surface area contributed by atoms with Gasteiger partial charge in [0.15, 0.2) is 0 Å². The second-order valence-corrected chi connectivity index (χ2v) is 4.75. The Morgan fingerprint density at radius 3 is 1.86 bits per heavy atom. The van der Waals surface area contributed by atoms with Crippen LogP contribution in [-0.2, 0) is 32.8 Å². The van der Waals surface area contributed by atoms with Crippen LogP contribution in [0.4, 0.5) is 0 Å². The van der Waals surface area contributed by atoms with Gasteiger partial charge in [-0.25, -0.2) is 0 Å². The van der Waals surface area contributed by atoms with Crippen molar-refractivity contribution in [1.82, 2.24) is 0 Å². The van der Waals surface area contributed by atoms with Crippen LogP contribution in [0.1, 0.15) is 6.42 Å². The van der Waals surface area contributed by atoms with Crippen molar-refractivity contribution in [3.63, 3.8) is 0 Å². The summed E-state index contributed by atoms with van der Waals surface area (Å²) in [6, 6.07) is 0. The second-order valence-electron chi connectivity index (χ2n) is 2.24. The van der Waals surface area contributed by atoms with Gasteiger partial charge in [-0.3, -0.25) is 0 Å². The Balaban J connectivity index is 3.04. The van der Waals surface area contributed by atoms with Gasteiger partial charge >= 0.3 is 26.8 Å². The molecule has 1 aliphatic heterocycles. The summed E-state index contributed by atoms with van der Waals surface area (Å²) in [5, 5.41) is 17.5. The van der Waals surface area contributed by atoms with Crippen LogP contribution in [0.2, 0.25) is 0 Å². The number of rotatable bonds is 2. The molecule has 14 heavy (non-hydrogen) atoms. The van der Waals surface area contributed by atoms with E-state index in [0.29, 0.717) is 0 Å². The lowest BCUT2D eigenvalue weighted by atomic mass is 10.4. The van der Waals surface area contributed by atoms with Gasteiger partial charge in [0.2, 0.25) is 0 Å². The fourth-order valence-corrected chi connectivity index (χ4v) is 2.64. The zero-order valence-corrected chi connectivity index (χ0v) is 8.12. The van der Waals surface area contributed by atoms with Crippen molar-refractivity contribution in [2.24, 2.45) is 0 Å². The van der Waals surface area contributed by atoms with Gasteiger partial charge in [-0.2, -0.15) is 25.2 Å². The summed E-state index contributed by atoms with van der Waals surface area (Å²) in [5.41, 5.74) is 0. The molecule has 0 atom stereocenters. The first-order valence-electron chi connectivity index (χ1n) is 3.13. The van der Waals surface area contributed by atoms with Crippen LogP contribution < -0.4 is 0 Å². The molecule has 0 aromatic heterocycles. The zero-order valence-electron chi connectivity index (χ0n) is 6.48. The quantitative estimate of drug-likeness (QED) is 0.547. The molecule has 2 N–H and O–H groups in total. The van der Waals surface area contributed by atoms with Crippen molar-refractivity contribution in [2.75, 3.05) is 6.61 Å². The van der Waals surface area contributed by atoms with Gasteiger partial charge in [-0.1, -0.05) is 0 Å². The predicted molar refractivity (Wildman–Crippen MR) is 37.7 cm³/mol. The molecule has 11 heteroatoms. The van der Waals surface area contributed by atoms with E-state index in [1.165, 1.54) is 0 Å². The molecular formula is C3H6O9S2. The summed E-state index contributed by atoms with van der Waals surface area (Å²) in [6.07, 6.45) is -0.769. The Morgan fingerprint density at radius 1 is 1.07 bits per heavy atom. The molecule has 0 spiro atoms. The molecule has 1 aliphatic rings. The van der Waals surface area contributed by atoms with Crippen LogP contribution in [0, 0.1) is 0 Å². The number of aliphatic hydroxyl groups excluding tert-OH is 1. The highest BCUT2D eigenvalue weighted by atomic mass is 32.3. The van der Waals surface area contributed by atoms with Gasteiger partial charge in [0.25, 0.3) is 0 Å². The Labute approximate surface area is 79.5 Å². The van der Waals surface area contributed by atoms with Crippen molar-refractivity contribution in [2.45, 2.75) is 12.4 Å². The van der Waals surface area contributed by atoms with E-state index in [1.54, 1.807) is 0 Å². The highest BCUT2D eigenvalue weighted by Gasteiger charge is 2.48. The lowest BCUT2D eigenvalue weighted by Gasteiger charge is -2.27. The van der Waals surface area contributed by atoms with Crippen molar-refractivity contribution < 1.29 is 39.0 Å². The van der Waals surface area contributed by atoms with Gasteiger partial charge in [-0.05, 0) is 0 Å². The number of hydrogen-bond acceptors (Lipinski definition) is 9. The Hall–Kier alpha value is -0.300. The number of hydrogen-bond donors (Lipinski definition) is 2. The third-order valence-electron chi connectivity index (χ3n) is 1.06. The van der Waals surface area contributed by atoms with Gasteiger partial charge in [0.1, 0.15) is 0 Å². The van der Waals surface area contributed by atoms with Crippen molar-refractivity contribution in [1.29, 1.82) is 0 Å². The molecule has 0 amide bonds. The molecule has 1 fully saturated rings. The second kappa shape index (κ2) is 3.37. The van der Waals surface area contributed by atoms with E-state index in [4.69, 9.17) is 10.2 Å². The molecule has 0 radical (unpaired) electrons. The molecule has 0 aliphatic carbocycles. The Morgan fingerprint density at radius 2 is 1.50 bits per heavy atom. The van der Waals surface area contributed by atoms with Gasteiger partial charge in [0, 0.05) is 0 Å². The molecule has 0 bridgehead atoms. The minimum Gasteiger partial charge on any atom is -0.396 e. The maximum Gasteiger partial charge on any atom is 0.420 e. The summed E-state index contributed by atoms with van der Waals surface area (Å²) in [7, 11) is -9.79. The molecule has 0 saturated carbocycles. The minimum absolute atomic E-state index is 0.748. The van der Waals surface area contributed by atoms with Crippen molar-refractivity contribution in [3.05, 3.63) is 0 Å². The standard InChI is InChI=1S/C3H6O9S2/c4-2-1-3(5)10-13(6,7)12-14(8,9)11-3/h4-5H,1-2H2. The molecule has 1 saturated heterocycles. The van der Waals surface area contributed by atoms with E-state index in [9.17, 15) is 16.8 Å². The summed E-state index contributed by atoms with van der Waals surface area (Å²) in [6.45, 7) is -0.748. The minimum atomic E-state index is -4.89. The van der Waals surface area contributed by atoms with E-state index < -0.39 is 39.8 Å². The smallest absolute Gasteiger partial charge is 0.396 e. The molecule has 1 heterocycles. The lowest BCUT2D eigenvalue weighted by molar-refractivity contribution is -0.286. The normalized spacial score (nSPS) is 28.4. The average Bonchev–Trinajstić information content (AvgIpc) is 1.75. The largest absolute Gasteiger partial charge is 0.420 e. The third kappa shape index (κ3) is 2.84. The van der Waals surface area contributed by atoms with Crippen LogP contribution in [0.5, 0.6) is 0 Å². The van der Waals surface area contributed by atoms with Crippen LogP contribution in [0.25, 0.3) is 0 Å². The molecule has 9 nitrogen and oxygen atoms in total. The van der Waals surface area contributed by atoms with E-state index in [0.717, 1.165) is 0 Å². The fraction of sp³-hybridized carbons (Fsp3) is 1.00. The molecular weight excluding hydrogens is 244 g/mol. The average molecular weight is 250 g/mol. The SMILES string of the molecule is O=S1(=O)OC(O)(CCO)OS(=O)(=O)O1. The molecule has 1 rings (SSSR count). The summed E-state index contributed by atoms with van der Waals surface area (Å²) >= 11 is 0. The molecule has 0 aromatic carbocycles. The fourth-order valence-electron chi connectivity index (χ4n) is 0.687. The van der Waals surface area contributed by atoms with E-state index in [1.807, 2.05) is 0 Å². The summed E-state index contributed by atoms with van der Waals surface area (Å²) < 4.78 is 53.4. The molecule has 84 valence electrons. The monoisotopic (exact) mass is 250 g/mol. The Bertz CT molecular complexity index is 369. The van der Waals surface area contributed by atoms with Gasteiger partial charge in [0.05, 0.1) is 13.0 Å². The van der Waals surface area contributed by atoms with Gasteiger partial charge < -0.3 is 10.2 Å². The first-order valence-corrected chi connectivity index (χ1v) is 5.80. The van der Waals surface area contributed by atoms with Crippen LogP contribution >= 0.6 is 0 Å². The Kier molecular flexibility index (Phi) is 2.84. The van der Waals surface area contributed by atoms with Crippen molar-refractivity contribution >= 4 is 20.8 Å². The summed E-state index contributed by atoms with van der Waals surface area (Å²) in [4.78, 5) is 0. The maximum atomic E-state index is 10.6. The summed E-state index contributed by atoms with van der Waals surface area (Å²) in [5.74, 6) is -2.95. The maximum absolute atomic E-state index is 10.6. The van der Waals surface area contributed by atoms with E-state index in [2.05, 4.69) is 12.0 Å². The number of aliphatic hydroxyl groups is 2. The lowest BCUT2D eigenvalue weighted by Crippen LogP contribution is -2.46. The zero-order chi connectivity index (χ0) is 11.0. The molecule has 0 unspecified atom stereocenters. The van der Waals surface area contributed by atoms with Crippen molar-refractivity contribution in [3.8, 4) is 0 Å². The third-order valence-corrected chi connectivity index (χ3v) is 3.32. The van der Waals surface area contributed by atoms with Crippen LogP contribution in [0.15, 0.2) is 0 Å². The highest BCUT2D eigenvalue weighted by molar-refractivity contribution is 7.95.